The molecule has 0 unspecified atom stereocenters. The fourth-order valence-electron chi connectivity index (χ4n) is 1.54. The Hall–Kier alpha value is -1.76. The van der Waals surface area contributed by atoms with E-state index < -0.39 is 11.7 Å². The summed E-state index contributed by atoms with van der Waals surface area (Å²) in [7, 11) is 0. The number of thiol groups is 1. The number of benzene rings is 1. The minimum Gasteiger partial charge on any atom is -0.481 e. The minimum absolute atomic E-state index is 0.138. The maximum absolute atomic E-state index is 13.7. The lowest BCUT2D eigenvalue weighted by atomic mass is 10.1. The first kappa shape index (κ1) is 12.7. The van der Waals surface area contributed by atoms with Gasteiger partial charge in [0, 0.05) is 18.4 Å². The van der Waals surface area contributed by atoms with E-state index in [1.165, 1.54) is 6.07 Å². The molecule has 0 aromatic heterocycles. The number of fused-ring (bicyclic) bond motifs is 1. The summed E-state index contributed by atoms with van der Waals surface area (Å²) >= 11 is 3.94. The summed E-state index contributed by atoms with van der Waals surface area (Å²) in [6.45, 7) is 0.180. The van der Waals surface area contributed by atoms with Crippen molar-refractivity contribution in [1.82, 2.24) is 5.32 Å². The first-order valence-corrected chi connectivity index (χ1v) is 5.90. The summed E-state index contributed by atoms with van der Waals surface area (Å²) in [6.07, 6.45) is 0. The van der Waals surface area contributed by atoms with E-state index in [2.05, 4.69) is 23.3 Å². The molecule has 0 bridgehead atoms. The van der Waals surface area contributed by atoms with Crippen LogP contribution in [0.25, 0.3) is 0 Å². The first-order chi connectivity index (χ1) is 8.61. The Kier molecular flexibility index (Phi) is 3.71. The van der Waals surface area contributed by atoms with Gasteiger partial charge in [-0.1, -0.05) is 0 Å². The van der Waals surface area contributed by atoms with Crippen molar-refractivity contribution >= 4 is 30.1 Å². The largest absolute Gasteiger partial charge is 0.481 e. The second-order valence-electron chi connectivity index (χ2n) is 3.64. The monoisotopic (exact) mass is 270 g/mol. The van der Waals surface area contributed by atoms with Crippen molar-refractivity contribution in [1.29, 1.82) is 0 Å². The number of carbonyl (C=O) groups excluding carboxylic acids is 2. The van der Waals surface area contributed by atoms with Crippen molar-refractivity contribution in [3.8, 4) is 5.75 Å². The zero-order valence-electron chi connectivity index (χ0n) is 9.33. The highest BCUT2D eigenvalue weighted by atomic mass is 32.1. The highest BCUT2D eigenvalue weighted by Gasteiger charge is 2.21. The van der Waals surface area contributed by atoms with Gasteiger partial charge < -0.3 is 15.4 Å². The number of amides is 2. The highest BCUT2D eigenvalue weighted by Crippen LogP contribution is 2.30. The van der Waals surface area contributed by atoms with Crippen LogP contribution in [0.3, 0.4) is 0 Å². The van der Waals surface area contributed by atoms with Crippen molar-refractivity contribution in [3.05, 3.63) is 23.5 Å². The molecule has 1 aliphatic heterocycles. The van der Waals surface area contributed by atoms with Gasteiger partial charge in [0.15, 0.2) is 6.61 Å². The van der Waals surface area contributed by atoms with Gasteiger partial charge in [0.1, 0.15) is 11.6 Å². The van der Waals surface area contributed by atoms with Crippen molar-refractivity contribution < 1.29 is 18.7 Å². The Balaban J connectivity index is 2.29. The van der Waals surface area contributed by atoms with Gasteiger partial charge in [0.2, 0.25) is 0 Å². The molecule has 18 heavy (non-hydrogen) atoms. The van der Waals surface area contributed by atoms with Crippen LogP contribution in [0.5, 0.6) is 5.75 Å². The van der Waals surface area contributed by atoms with Crippen molar-refractivity contribution in [2.75, 3.05) is 24.2 Å². The minimum atomic E-state index is -0.693. The highest BCUT2D eigenvalue weighted by molar-refractivity contribution is 7.80. The van der Waals surface area contributed by atoms with Crippen molar-refractivity contribution in [3.63, 3.8) is 0 Å². The molecule has 5 nitrogen and oxygen atoms in total. The number of halogens is 1. The van der Waals surface area contributed by atoms with Crippen LogP contribution >= 0.6 is 12.6 Å². The van der Waals surface area contributed by atoms with Crippen LogP contribution < -0.4 is 15.4 Å². The molecule has 0 atom stereocenters. The average Bonchev–Trinajstić information content (AvgIpc) is 2.35. The van der Waals surface area contributed by atoms with E-state index >= 15 is 0 Å². The van der Waals surface area contributed by atoms with Crippen molar-refractivity contribution in [2.45, 2.75) is 0 Å². The molecule has 0 saturated carbocycles. The number of carbonyl (C=O) groups is 2. The van der Waals surface area contributed by atoms with Crippen LogP contribution in [0.4, 0.5) is 10.1 Å². The van der Waals surface area contributed by atoms with Gasteiger partial charge in [0.05, 0.1) is 11.3 Å². The molecule has 2 amide bonds. The zero-order chi connectivity index (χ0) is 13.1. The molecule has 2 rings (SSSR count). The quantitative estimate of drug-likeness (QED) is 0.712. The molecular weight excluding hydrogens is 259 g/mol. The maximum atomic E-state index is 13.7. The zero-order valence-corrected chi connectivity index (χ0v) is 10.2. The number of hydrogen-bond acceptors (Lipinski definition) is 4. The van der Waals surface area contributed by atoms with Crippen LogP contribution in [0, 0.1) is 5.82 Å². The summed E-state index contributed by atoms with van der Waals surface area (Å²) in [5, 5.41) is 5.01. The lowest BCUT2D eigenvalue weighted by Gasteiger charge is -2.18. The molecule has 1 heterocycles. The van der Waals surface area contributed by atoms with Crippen LogP contribution in [0.1, 0.15) is 10.4 Å². The van der Waals surface area contributed by atoms with E-state index in [1.54, 1.807) is 0 Å². The third kappa shape index (κ3) is 2.56. The molecule has 1 aliphatic rings. The maximum Gasteiger partial charge on any atom is 0.262 e. The van der Waals surface area contributed by atoms with E-state index in [0.717, 1.165) is 6.07 Å². The number of hydrogen-bond donors (Lipinski definition) is 3. The molecule has 1 aromatic rings. The van der Waals surface area contributed by atoms with E-state index in [4.69, 9.17) is 4.74 Å². The van der Waals surface area contributed by atoms with Crippen molar-refractivity contribution in [2.24, 2.45) is 0 Å². The third-order valence-corrected chi connectivity index (χ3v) is 2.57. The van der Waals surface area contributed by atoms with E-state index in [-0.39, 0.29) is 23.8 Å². The molecule has 2 N–H and O–H groups in total. The molecule has 0 aliphatic carbocycles. The number of nitrogens with one attached hydrogen (secondary N) is 2. The Morgan fingerprint density at radius 2 is 2.33 bits per heavy atom. The molecular formula is C11H11FN2O3S. The Morgan fingerprint density at radius 3 is 3.06 bits per heavy atom. The van der Waals surface area contributed by atoms with E-state index in [0.29, 0.717) is 18.0 Å². The summed E-state index contributed by atoms with van der Waals surface area (Å²) < 4.78 is 18.7. The lowest BCUT2D eigenvalue weighted by Crippen LogP contribution is -2.28. The third-order valence-electron chi connectivity index (χ3n) is 2.34. The second-order valence-corrected chi connectivity index (χ2v) is 4.09. The van der Waals surface area contributed by atoms with Gasteiger partial charge in [0.25, 0.3) is 11.8 Å². The molecule has 0 saturated heterocycles. The molecule has 96 valence electrons. The van der Waals surface area contributed by atoms with E-state index in [9.17, 15) is 14.0 Å². The molecule has 0 radical (unpaired) electrons. The van der Waals surface area contributed by atoms with Gasteiger partial charge in [-0.3, -0.25) is 9.59 Å². The van der Waals surface area contributed by atoms with Crippen LogP contribution in [0.2, 0.25) is 0 Å². The number of ether oxygens (including phenoxy) is 1. The smallest absolute Gasteiger partial charge is 0.262 e. The number of anilines is 1. The predicted molar refractivity (Wildman–Crippen MR) is 66.7 cm³/mol. The normalized spacial score (nSPS) is 13.3. The van der Waals surface area contributed by atoms with Gasteiger partial charge >= 0.3 is 0 Å². The molecule has 1 aromatic carbocycles. The Labute approximate surface area is 108 Å². The predicted octanol–water partition coefficient (Wildman–Crippen LogP) is 0.816. The Morgan fingerprint density at radius 1 is 1.56 bits per heavy atom. The fourth-order valence-corrected chi connectivity index (χ4v) is 1.65. The summed E-state index contributed by atoms with van der Waals surface area (Å²) in [5.41, 5.74) is 0.157. The van der Waals surface area contributed by atoms with Crippen LogP contribution in [0.15, 0.2) is 12.1 Å². The molecule has 0 spiro atoms. The summed E-state index contributed by atoms with van der Waals surface area (Å²) in [5.74, 6) is -0.905. The summed E-state index contributed by atoms with van der Waals surface area (Å²) in [6, 6.07) is 2.35. The summed E-state index contributed by atoms with van der Waals surface area (Å²) in [4.78, 5) is 22.8. The standard InChI is InChI=1S/C11H11FN2O3S/c12-7-4-9-8(14-10(15)5-17-9)3-6(7)11(16)13-1-2-18/h3-4,18H,1-2,5H2,(H,13,16)(H,14,15). The fraction of sp³-hybridized carbons (Fsp3) is 0.273. The molecule has 7 heteroatoms. The topological polar surface area (TPSA) is 67.4 Å². The number of rotatable bonds is 3. The van der Waals surface area contributed by atoms with Gasteiger partial charge in [-0.25, -0.2) is 4.39 Å². The Bertz CT molecular complexity index is 507. The van der Waals surface area contributed by atoms with Gasteiger partial charge in [-0.05, 0) is 6.07 Å². The molecule has 0 fully saturated rings. The van der Waals surface area contributed by atoms with Crippen LogP contribution in [-0.2, 0) is 4.79 Å². The average molecular weight is 270 g/mol. The van der Waals surface area contributed by atoms with E-state index in [1.807, 2.05) is 0 Å². The lowest BCUT2D eigenvalue weighted by molar-refractivity contribution is -0.118. The second kappa shape index (κ2) is 5.26. The SMILES string of the molecule is O=C1COc2cc(F)c(C(=O)NCCS)cc2N1. The van der Waals surface area contributed by atoms with Gasteiger partial charge in [-0.2, -0.15) is 12.6 Å². The van der Waals surface area contributed by atoms with Crippen LogP contribution in [-0.4, -0.2) is 30.7 Å². The van der Waals surface area contributed by atoms with Gasteiger partial charge in [-0.15, -0.1) is 0 Å². The first-order valence-electron chi connectivity index (χ1n) is 5.27.